The normalized spacial score (nSPS) is 29.6. The largest absolute Gasteiger partial charge is 0.308 e. The lowest BCUT2D eigenvalue weighted by Gasteiger charge is -2.23. The van der Waals surface area contributed by atoms with E-state index in [4.69, 9.17) is 11.6 Å². The van der Waals surface area contributed by atoms with Crippen molar-refractivity contribution in [3.63, 3.8) is 0 Å². The highest BCUT2D eigenvalue weighted by Crippen LogP contribution is 2.37. The molecule has 3 rings (SSSR count). The molecule has 6 heteroatoms. The summed E-state index contributed by atoms with van der Waals surface area (Å²) in [6, 6.07) is 6.76. The van der Waals surface area contributed by atoms with Gasteiger partial charge in [0.2, 0.25) is 5.91 Å². The minimum Gasteiger partial charge on any atom is -0.308 e. The molecule has 4 nitrogen and oxygen atoms in total. The maximum absolute atomic E-state index is 12.0. The van der Waals surface area contributed by atoms with Crippen molar-refractivity contribution in [1.29, 1.82) is 0 Å². The molecule has 1 aromatic carbocycles. The van der Waals surface area contributed by atoms with Crippen LogP contribution in [-0.4, -0.2) is 31.9 Å². The molecule has 1 aromatic rings. The third kappa shape index (κ3) is 1.91. The second kappa shape index (κ2) is 3.96. The summed E-state index contributed by atoms with van der Waals surface area (Å²) in [5.41, 5.74) is 0.692. The van der Waals surface area contributed by atoms with Gasteiger partial charge in [-0.2, -0.15) is 0 Å². The second-order valence-electron chi connectivity index (χ2n) is 4.85. The van der Waals surface area contributed by atoms with Crippen molar-refractivity contribution in [2.45, 2.75) is 12.5 Å². The van der Waals surface area contributed by atoms with Gasteiger partial charge in [-0.05, 0) is 18.2 Å². The lowest BCUT2D eigenvalue weighted by atomic mass is 10.1. The van der Waals surface area contributed by atoms with E-state index in [1.807, 2.05) is 0 Å². The molecule has 0 spiro atoms. The third-order valence-electron chi connectivity index (χ3n) is 3.56. The summed E-state index contributed by atoms with van der Waals surface area (Å²) < 4.78 is 23.3. The first-order chi connectivity index (χ1) is 8.46. The third-order valence-corrected chi connectivity index (χ3v) is 5.58. The van der Waals surface area contributed by atoms with Crippen molar-refractivity contribution in [3.8, 4) is 0 Å². The highest BCUT2D eigenvalue weighted by atomic mass is 35.5. The van der Waals surface area contributed by atoms with Gasteiger partial charge in [0.15, 0.2) is 9.84 Å². The summed E-state index contributed by atoms with van der Waals surface area (Å²) in [5, 5.41) is 0.546. The SMILES string of the molecule is O=C1C[C@@H]2CS(=O)(=O)C[C@@H]2N1c1cccc(Cl)c1. The number of carbonyl (C=O) groups is 1. The Balaban J connectivity index is 1.99. The molecule has 2 saturated heterocycles. The Labute approximate surface area is 110 Å². The zero-order valence-electron chi connectivity index (χ0n) is 9.54. The van der Waals surface area contributed by atoms with Crippen molar-refractivity contribution in [2.24, 2.45) is 5.92 Å². The quantitative estimate of drug-likeness (QED) is 0.785. The molecule has 0 unspecified atom stereocenters. The summed E-state index contributed by atoms with van der Waals surface area (Å²) in [5.74, 6) is 0.111. The Morgan fingerprint density at radius 1 is 1.28 bits per heavy atom. The molecule has 0 aromatic heterocycles. The van der Waals surface area contributed by atoms with Crippen molar-refractivity contribution in [2.75, 3.05) is 16.4 Å². The number of carbonyl (C=O) groups excluding carboxylic acids is 1. The lowest BCUT2D eigenvalue weighted by Crippen LogP contribution is -2.36. The smallest absolute Gasteiger partial charge is 0.227 e. The molecular formula is C12H12ClNO3S. The van der Waals surface area contributed by atoms with E-state index in [2.05, 4.69) is 0 Å². The fourth-order valence-electron chi connectivity index (χ4n) is 2.85. The number of halogens is 1. The Morgan fingerprint density at radius 2 is 2.06 bits per heavy atom. The van der Waals surface area contributed by atoms with Gasteiger partial charge in [0.1, 0.15) is 0 Å². The van der Waals surface area contributed by atoms with Gasteiger partial charge in [0.05, 0.1) is 17.5 Å². The summed E-state index contributed by atoms with van der Waals surface area (Å²) in [6.45, 7) is 0. The first-order valence-electron chi connectivity index (χ1n) is 5.74. The summed E-state index contributed by atoms with van der Waals surface area (Å²) >= 11 is 5.91. The van der Waals surface area contributed by atoms with Crippen LogP contribution in [0.4, 0.5) is 5.69 Å². The maximum Gasteiger partial charge on any atom is 0.227 e. The Morgan fingerprint density at radius 3 is 2.78 bits per heavy atom. The number of fused-ring (bicyclic) bond motifs is 1. The molecule has 96 valence electrons. The molecular weight excluding hydrogens is 274 g/mol. The van der Waals surface area contributed by atoms with Crippen molar-refractivity contribution >= 4 is 33.0 Å². The maximum atomic E-state index is 12.0. The van der Waals surface area contributed by atoms with Crippen LogP contribution in [0.2, 0.25) is 5.02 Å². The number of hydrogen-bond donors (Lipinski definition) is 0. The average Bonchev–Trinajstić information content (AvgIpc) is 2.68. The van der Waals surface area contributed by atoms with Gasteiger partial charge in [-0.1, -0.05) is 17.7 Å². The number of anilines is 1. The monoisotopic (exact) mass is 285 g/mol. The van der Waals surface area contributed by atoms with Gasteiger partial charge < -0.3 is 4.90 Å². The second-order valence-corrected chi connectivity index (χ2v) is 7.44. The van der Waals surface area contributed by atoms with E-state index < -0.39 is 9.84 Å². The molecule has 2 aliphatic rings. The lowest BCUT2D eigenvalue weighted by molar-refractivity contribution is -0.117. The van der Waals surface area contributed by atoms with Crippen LogP contribution in [0.5, 0.6) is 0 Å². The van der Waals surface area contributed by atoms with Crippen LogP contribution in [-0.2, 0) is 14.6 Å². The van der Waals surface area contributed by atoms with Crippen molar-refractivity contribution in [3.05, 3.63) is 29.3 Å². The van der Waals surface area contributed by atoms with Gasteiger partial charge in [-0.15, -0.1) is 0 Å². The molecule has 18 heavy (non-hydrogen) atoms. The van der Waals surface area contributed by atoms with Crippen molar-refractivity contribution in [1.82, 2.24) is 0 Å². The predicted molar refractivity (Wildman–Crippen MR) is 69.5 cm³/mol. The predicted octanol–water partition coefficient (Wildman–Crippen LogP) is 1.49. The van der Waals surface area contributed by atoms with Gasteiger partial charge in [-0.25, -0.2) is 8.42 Å². The van der Waals surface area contributed by atoms with E-state index in [0.717, 1.165) is 0 Å². The summed E-state index contributed by atoms with van der Waals surface area (Å²) in [4.78, 5) is 13.6. The molecule has 0 aliphatic carbocycles. The zero-order chi connectivity index (χ0) is 12.9. The first-order valence-corrected chi connectivity index (χ1v) is 7.94. The number of amides is 1. The van der Waals surface area contributed by atoms with E-state index in [1.54, 1.807) is 29.2 Å². The Kier molecular flexibility index (Phi) is 2.64. The molecule has 2 heterocycles. The van der Waals surface area contributed by atoms with Crippen LogP contribution >= 0.6 is 11.6 Å². The summed E-state index contributed by atoms with van der Waals surface area (Å²) in [6.07, 6.45) is 0.316. The van der Waals surface area contributed by atoms with E-state index in [9.17, 15) is 13.2 Å². The van der Waals surface area contributed by atoms with Gasteiger partial charge in [0, 0.05) is 23.0 Å². The fraction of sp³-hybridized carbons (Fsp3) is 0.417. The Bertz CT molecular complexity index is 614. The highest BCUT2D eigenvalue weighted by Gasteiger charge is 2.49. The van der Waals surface area contributed by atoms with Gasteiger partial charge in [-0.3, -0.25) is 4.79 Å². The summed E-state index contributed by atoms with van der Waals surface area (Å²) in [7, 11) is -3.01. The number of benzene rings is 1. The van der Waals surface area contributed by atoms with Crippen LogP contribution in [0.1, 0.15) is 6.42 Å². The number of rotatable bonds is 1. The molecule has 0 radical (unpaired) electrons. The van der Waals surface area contributed by atoms with Crippen molar-refractivity contribution < 1.29 is 13.2 Å². The minimum atomic E-state index is -3.01. The van der Waals surface area contributed by atoms with Crippen LogP contribution in [0.25, 0.3) is 0 Å². The van der Waals surface area contributed by atoms with Crippen LogP contribution in [0, 0.1) is 5.92 Å². The van der Waals surface area contributed by atoms with E-state index in [0.29, 0.717) is 17.1 Å². The topological polar surface area (TPSA) is 54.5 Å². The van der Waals surface area contributed by atoms with E-state index in [1.165, 1.54) is 0 Å². The number of sulfone groups is 1. The minimum absolute atomic E-state index is 0.0119. The molecule has 2 fully saturated rings. The molecule has 0 saturated carbocycles. The van der Waals surface area contributed by atoms with Crippen LogP contribution < -0.4 is 4.90 Å². The van der Waals surface area contributed by atoms with Crippen LogP contribution in [0.3, 0.4) is 0 Å². The van der Waals surface area contributed by atoms with E-state index in [-0.39, 0.29) is 29.4 Å². The first kappa shape index (κ1) is 12.0. The van der Waals surface area contributed by atoms with Crippen LogP contribution in [0.15, 0.2) is 24.3 Å². The van der Waals surface area contributed by atoms with Gasteiger partial charge in [0.25, 0.3) is 0 Å². The van der Waals surface area contributed by atoms with E-state index >= 15 is 0 Å². The fourth-order valence-corrected chi connectivity index (χ4v) is 5.11. The standard InChI is InChI=1S/C12H12ClNO3S/c13-9-2-1-3-10(5-9)14-11-7-18(16,17)6-8(11)4-12(14)15/h1-3,5,8,11H,4,6-7H2/t8-,11+/m1/s1. The number of nitrogens with zero attached hydrogens (tertiary/aromatic N) is 1. The molecule has 2 aliphatic heterocycles. The molecule has 1 amide bonds. The molecule has 0 bridgehead atoms. The molecule has 0 N–H and O–H groups in total. The molecule has 2 atom stereocenters. The highest BCUT2D eigenvalue weighted by molar-refractivity contribution is 7.91. The van der Waals surface area contributed by atoms with Gasteiger partial charge >= 0.3 is 0 Å². The number of hydrogen-bond acceptors (Lipinski definition) is 3. The Hall–Kier alpha value is -1.07. The average molecular weight is 286 g/mol. The zero-order valence-corrected chi connectivity index (χ0v) is 11.1.